The Morgan fingerprint density at radius 1 is 1.24 bits per heavy atom. The monoisotopic (exact) mass is 536 g/mol. The van der Waals surface area contributed by atoms with Crippen LogP contribution in [0.2, 0.25) is 0 Å². The predicted octanol–water partition coefficient (Wildman–Crippen LogP) is 7.06. The molecule has 0 radical (unpaired) electrons. The van der Waals surface area contributed by atoms with Crippen molar-refractivity contribution in [2.45, 2.75) is 32.0 Å². The average Bonchev–Trinajstić information content (AvgIpc) is 3.23. The highest BCUT2D eigenvalue weighted by atomic mass is 79.9. The molecule has 8 heteroatoms. The molecule has 0 N–H and O–H groups in total. The van der Waals surface area contributed by atoms with Crippen LogP contribution in [0.4, 0.5) is 13.2 Å². The first-order chi connectivity index (χ1) is 16.2. The number of hydrogen-bond donors (Lipinski definition) is 0. The zero-order valence-corrected chi connectivity index (χ0v) is 21.0. The van der Waals surface area contributed by atoms with Crippen molar-refractivity contribution in [2.24, 2.45) is 4.99 Å². The zero-order valence-electron chi connectivity index (χ0n) is 19.4. The van der Waals surface area contributed by atoms with Crippen molar-refractivity contribution in [3.63, 3.8) is 0 Å². The molecule has 1 unspecified atom stereocenters. The van der Waals surface area contributed by atoms with Gasteiger partial charge in [-0.25, -0.2) is 4.99 Å². The molecule has 1 aliphatic heterocycles. The molecule has 0 aromatic heterocycles. The number of halogens is 4. The standard InChI is InChI=1S/C26H28BrF3N2O2/c1-4-22(31-25(33-3)23-11-6-14-32(23)2)19-12-13-24(21(17-19)26(28,29)30)34-15-7-9-18-8-5-10-20(27)16-18/h4-5,7-10,12-13,16-17,23H,6,11,14-15H2,1-3H3/b9-7+,22-4-,31-25?. The van der Waals surface area contributed by atoms with Crippen LogP contribution in [0.25, 0.3) is 11.8 Å². The van der Waals surface area contributed by atoms with E-state index in [-0.39, 0.29) is 18.4 Å². The molecule has 0 aliphatic carbocycles. The topological polar surface area (TPSA) is 34.1 Å². The van der Waals surface area contributed by atoms with Gasteiger partial charge in [-0.05, 0) is 75.3 Å². The molecule has 0 saturated carbocycles. The molecule has 2 aromatic rings. The Hall–Kier alpha value is -2.58. The summed E-state index contributed by atoms with van der Waals surface area (Å²) >= 11 is 3.39. The molecular formula is C26H28BrF3N2O2. The molecule has 3 rings (SSSR count). The van der Waals surface area contributed by atoms with E-state index in [1.165, 1.54) is 13.2 Å². The zero-order chi connectivity index (χ0) is 24.7. The summed E-state index contributed by atoms with van der Waals surface area (Å²) in [5.74, 6) is 0.275. The van der Waals surface area contributed by atoms with Crippen molar-refractivity contribution < 1.29 is 22.6 Å². The van der Waals surface area contributed by atoms with E-state index < -0.39 is 11.7 Å². The third kappa shape index (κ3) is 6.73. The van der Waals surface area contributed by atoms with Crippen LogP contribution in [0.1, 0.15) is 36.5 Å². The lowest BCUT2D eigenvalue weighted by Crippen LogP contribution is -2.34. The van der Waals surface area contributed by atoms with E-state index in [9.17, 15) is 13.2 Å². The van der Waals surface area contributed by atoms with Gasteiger partial charge in [0.1, 0.15) is 12.4 Å². The Morgan fingerprint density at radius 3 is 2.65 bits per heavy atom. The second-order valence-corrected chi connectivity index (χ2v) is 8.86. The van der Waals surface area contributed by atoms with Crippen LogP contribution in [-0.4, -0.2) is 44.1 Å². The molecule has 2 aromatic carbocycles. The van der Waals surface area contributed by atoms with Gasteiger partial charge in [0.15, 0.2) is 0 Å². The molecule has 34 heavy (non-hydrogen) atoms. The fourth-order valence-electron chi connectivity index (χ4n) is 3.86. The maximum absolute atomic E-state index is 13.9. The Balaban J connectivity index is 1.82. The predicted molar refractivity (Wildman–Crippen MR) is 134 cm³/mol. The van der Waals surface area contributed by atoms with E-state index in [1.54, 1.807) is 31.2 Å². The Labute approximate surface area is 206 Å². The third-order valence-electron chi connectivity index (χ3n) is 5.59. The van der Waals surface area contributed by atoms with E-state index in [1.807, 2.05) is 31.3 Å². The summed E-state index contributed by atoms with van der Waals surface area (Å²) in [4.78, 5) is 6.71. The molecule has 1 fully saturated rings. The molecule has 1 heterocycles. The van der Waals surface area contributed by atoms with Crippen molar-refractivity contribution >= 4 is 33.6 Å². The number of likely N-dealkylation sites (tertiary alicyclic amines) is 1. The lowest BCUT2D eigenvalue weighted by atomic mass is 10.1. The van der Waals surface area contributed by atoms with Crippen LogP contribution in [0.15, 0.2) is 64.1 Å². The number of benzene rings is 2. The van der Waals surface area contributed by atoms with Gasteiger partial charge in [-0.3, -0.25) is 4.90 Å². The van der Waals surface area contributed by atoms with Gasteiger partial charge in [0.05, 0.1) is 24.4 Å². The number of allylic oxidation sites excluding steroid dienone is 1. The number of hydrogen-bond acceptors (Lipinski definition) is 4. The number of rotatable bonds is 7. The Morgan fingerprint density at radius 2 is 2.03 bits per heavy atom. The first kappa shape index (κ1) is 26.0. The number of aliphatic imine (C=N–C) groups is 1. The Kier molecular flexibility index (Phi) is 8.97. The average molecular weight is 537 g/mol. The lowest BCUT2D eigenvalue weighted by molar-refractivity contribution is -0.138. The largest absolute Gasteiger partial charge is 0.489 e. The molecule has 182 valence electrons. The molecule has 0 spiro atoms. The van der Waals surface area contributed by atoms with Gasteiger partial charge in [0.25, 0.3) is 0 Å². The lowest BCUT2D eigenvalue weighted by Gasteiger charge is -2.21. The van der Waals surface area contributed by atoms with E-state index in [4.69, 9.17) is 9.47 Å². The van der Waals surface area contributed by atoms with E-state index in [0.29, 0.717) is 17.2 Å². The van der Waals surface area contributed by atoms with E-state index >= 15 is 0 Å². The summed E-state index contributed by atoms with van der Waals surface area (Å²) in [6.07, 6.45) is 2.51. The van der Waals surface area contributed by atoms with Crippen molar-refractivity contribution in [3.05, 3.63) is 75.8 Å². The highest BCUT2D eigenvalue weighted by Gasteiger charge is 2.35. The number of likely N-dealkylation sites (N-methyl/N-ethyl adjacent to an activating group) is 1. The number of nitrogens with zero attached hydrogens (tertiary/aromatic N) is 2. The van der Waals surface area contributed by atoms with Crippen molar-refractivity contribution in [2.75, 3.05) is 27.3 Å². The van der Waals surface area contributed by atoms with Crippen molar-refractivity contribution in [1.82, 2.24) is 4.90 Å². The summed E-state index contributed by atoms with van der Waals surface area (Å²) < 4.78 is 53.4. The van der Waals surface area contributed by atoms with Gasteiger partial charge >= 0.3 is 6.18 Å². The maximum Gasteiger partial charge on any atom is 0.419 e. The van der Waals surface area contributed by atoms with Gasteiger partial charge in [0, 0.05) is 10.0 Å². The molecule has 4 nitrogen and oxygen atoms in total. The number of ether oxygens (including phenoxy) is 2. The van der Waals surface area contributed by atoms with Gasteiger partial charge in [-0.15, -0.1) is 0 Å². The first-order valence-corrected chi connectivity index (χ1v) is 11.8. The van der Waals surface area contributed by atoms with Crippen LogP contribution in [-0.2, 0) is 10.9 Å². The SMILES string of the molecule is C/C=C(\N=C(OC)C1CCCN1C)c1ccc(OC/C=C/c2cccc(Br)c2)c(C(F)(F)F)c1. The van der Waals surface area contributed by atoms with E-state index in [0.717, 1.165) is 35.5 Å². The number of alkyl halides is 3. The Bertz CT molecular complexity index is 1080. The third-order valence-corrected chi connectivity index (χ3v) is 6.09. The molecule has 1 saturated heterocycles. The summed E-state index contributed by atoms with van der Waals surface area (Å²) in [6, 6.07) is 11.6. The quantitative estimate of drug-likeness (QED) is 0.280. The summed E-state index contributed by atoms with van der Waals surface area (Å²) in [5.41, 5.74) is 0.847. The highest BCUT2D eigenvalue weighted by molar-refractivity contribution is 9.10. The van der Waals surface area contributed by atoms with Gasteiger partial charge in [0.2, 0.25) is 5.90 Å². The summed E-state index contributed by atoms with van der Waals surface area (Å²) in [6.45, 7) is 2.68. The van der Waals surface area contributed by atoms with Gasteiger partial charge < -0.3 is 9.47 Å². The fourth-order valence-corrected chi connectivity index (χ4v) is 4.28. The molecule has 1 aliphatic rings. The van der Waals surface area contributed by atoms with Crippen LogP contribution in [0, 0.1) is 0 Å². The van der Waals surface area contributed by atoms with Crippen molar-refractivity contribution in [1.29, 1.82) is 0 Å². The molecular weight excluding hydrogens is 509 g/mol. The van der Waals surface area contributed by atoms with E-state index in [2.05, 4.69) is 25.8 Å². The van der Waals surface area contributed by atoms with Gasteiger partial charge in [-0.2, -0.15) is 13.2 Å². The van der Waals surface area contributed by atoms with Crippen LogP contribution in [0.3, 0.4) is 0 Å². The maximum atomic E-state index is 13.9. The second-order valence-electron chi connectivity index (χ2n) is 7.94. The molecule has 0 bridgehead atoms. The van der Waals surface area contributed by atoms with Crippen LogP contribution < -0.4 is 4.74 Å². The molecule has 1 atom stereocenters. The minimum Gasteiger partial charge on any atom is -0.489 e. The van der Waals surface area contributed by atoms with Crippen LogP contribution >= 0.6 is 15.9 Å². The normalized spacial score (nSPS) is 18.0. The smallest absolute Gasteiger partial charge is 0.419 e. The number of methoxy groups -OCH3 is 1. The van der Waals surface area contributed by atoms with Gasteiger partial charge in [-0.1, -0.05) is 40.2 Å². The first-order valence-electron chi connectivity index (χ1n) is 11.0. The minimum atomic E-state index is -4.57. The summed E-state index contributed by atoms with van der Waals surface area (Å²) in [5, 5.41) is 0. The minimum absolute atomic E-state index is 0.00536. The summed E-state index contributed by atoms with van der Waals surface area (Å²) in [7, 11) is 3.53. The highest BCUT2D eigenvalue weighted by Crippen LogP contribution is 2.38. The second kappa shape index (κ2) is 11.7. The van der Waals surface area contributed by atoms with Crippen LogP contribution in [0.5, 0.6) is 5.75 Å². The fraction of sp³-hybridized carbons (Fsp3) is 0.346. The van der Waals surface area contributed by atoms with Crippen molar-refractivity contribution in [3.8, 4) is 5.75 Å². The molecule has 0 amide bonds.